The lowest BCUT2D eigenvalue weighted by atomic mass is 10.1. The summed E-state index contributed by atoms with van der Waals surface area (Å²) in [6.07, 6.45) is 4.18. The lowest BCUT2D eigenvalue weighted by Gasteiger charge is -2.18. The second-order valence-corrected chi connectivity index (χ2v) is 6.74. The minimum Gasteiger partial charge on any atom is -0.320 e. The number of amides is 2. The fourth-order valence-electron chi connectivity index (χ4n) is 3.19. The monoisotopic (exact) mass is 384 g/mol. The van der Waals surface area contributed by atoms with E-state index in [0.717, 1.165) is 23.2 Å². The summed E-state index contributed by atoms with van der Waals surface area (Å²) in [6.45, 7) is 2.34. The molecule has 2 aromatic carbocycles. The average molecular weight is 384 g/mol. The second kappa shape index (κ2) is 7.98. The predicted molar refractivity (Wildman–Crippen MR) is 113 cm³/mol. The van der Waals surface area contributed by atoms with Crippen LogP contribution in [0.3, 0.4) is 0 Å². The first-order valence-electron chi connectivity index (χ1n) is 9.25. The van der Waals surface area contributed by atoms with Crippen molar-refractivity contribution in [1.29, 1.82) is 0 Å². The molecule has 0 fully saturated rings. The largest absolute Gasteiger partial charge is 0.320 e. The molecule has 0 saturated heterocycles. The van der Waals surface area contributed by atoms with Gasteiger partial charge in [-0.3, -0.25) is 14.0 Å². The van der Waals surface area contributed by atoms with Gasteiger partial charge in [0, 0.05) is 17.6 Å². The van der Waals surface area contributed by atoms with Gasteiger partial charge in [-0.2, -0.15) is 0 Å². The standard InChI is InChI=1S/C23H20N4O2/c1-17-10-11-18(15-26(16-28)19-7-3-2-4-8-19)13-20(17)25-23(29)21-14-24-22-9-5-6-12-27(21)22/h2-14,16H,15H2,1H3,(H,25,29). The number of nitrogens with zero attached hydrogens (tertiary/aromatic N) is 3. The number of aromatic nitrogens is 2. The maximum Gasteiger partial charge on any atom is 0.274 e. The van der Waals surface area contributed by atoms with Crippen LogP contribution in [-0.4, -0.2) is 21.7 Å². The van der Waals surface area contributed by atoms with E-state index in [4.69, 9.17) is 0 Å². The van der Waals surface area contributed by atoms with Crippen LogP contribution in [0, 0.1) is 6.92 Å². The van der Waals surface area contributed by atoms with Gasteiger partial charge in [-0.1, -0.05) is 36.4 Å². The van der Waals surface area contributed by atoms with Gasteiger partial charge >= 0.3 is 0 Å². The van der Waals surface area contributed by atoms with Gasteiger partial charge in [0.05, 0.1) is 12.7 Å². The number of carbonyl (C=O) groups excluding carboxylic acids is 2. The van der Waals surface area contributed by atoms with Crippen LogP contribution in [0.1, 0.15) is 21.6 Å². The highest BCUT2D eigenvalue weighted by Crippen LogP contribution is 2.21. The van der Waals surface area contributed by atoms with E-state index >= 15 is 0 Å². The summed E-state index contributed by atoms with van der Waals surface area (Å²) in [4.78, 5) is 30.3. The van der Waals surface area contributed by atoms with Gasteiger partial charge in [-0.25, -0.2) is 4.98 Å². The molecular formula is C23H20N4O2. The van der Waals surface area contributed by atoms with Crippen molar-refractivity contribution in [1.82, 2.24) is 9.38 Å². The van der Waals surface area contributed by atoms with E-state index in [2.05, 4.69) is 10.3 Å². The van der Waals surface area contributed by atoms with Gasteiger partial charge in [-0.15, -0.1) is 0 Å². The molecule has 29 heavy (non-hydrogen) atoms. The van der Waals surface area contributed by atoms with Crippen LogP contribution >= 0.6 is 0 Å². The molecule has 2 heterocycles. The Hall–Kier alpha value is -3.93. The zero-order chi connectivity index (χ0) is 20.2. The number of hydrogen-bond donors (Lipinski definition) is 1. The summed E-state index contributed by atoms with van der Waals surface area (Å²) in [7, 11) is 0. The van der Waals surface area contributed by atoms with E-state index in [-0.39, 0.29) is 5.91 Å². The fourth-order valence-corrected chi connectivity index (χ4v) is 3.19. The molecule has 0 aliphatic rings. The van der Waals surface area contributed by atoms with E-state index in [9.17, 15) is 9.59 Å². The molecule has 0 atom stereocenters. The molecule has 1 N–H and O–H groups in total. The predicted octanol–water partition coefficient (Wildman–Crippen LogP) is 4.06. The van der Waals surface area contributed by atoms with Gasteiger partial charge in [-0.05, 0) is 48.4 Å². The van der Waals surface area contributed by atoms with E-state index in [1.807, 2.05) is 79.9 Å². The average Bonchev–Trinajstić information content (AvgIpc) is 3.19. The van der Waals surface area contributed by atoms with Crippen LogP contribution in [0.15, 0.2) is 79.1 Å². The number of anilines is 2. The van der Waals surface area contributed by atoms with Crippen molar-refractivity contribution in [2.45, 2.75) is 13.5 Å². The lowest BCUT2D eigenvalue weighted by Crippen LogP contribution is -2.20. The number of nitrogens with one attached hydrogen (secondary N) is 1. The van der Waals surface area contributed by atoms with E-state index in [1.165, 1.54) is 0 Å². The summed E-state index contributed by atoms with van der Waals surface area (Å²) in [5.74, 6) is -0.237. The van der Waals surface area contributed by atoms with Crippen molar-refractivity contribution in [2.24, 2.45) is 0 Å². The van der Waals surface area contributed by atoms with Crippen molar-refractivity contribution in [3.05, 3.63) is 95.9 Å². The molecule has 0 spiro atoms. The Morgan fingerprint density at radius 1 is 1.10 bits per heavy atom. The van der Waals surface area contributed by atoms with Crippen molar-refractivity contribution >= 4 is 29.3 Å². The molecule has 2 amide bonds. The number of hydrogen-bond acceptors (Lipinski definition) is 3. The van der Waals surface area contributed by atoms with Crippen LogP contribution in [0.2, 0.25) is 0 Å². The SMILES string of the molecule is Cc1ccc(CN(C=O)c2ccccc2)cc1NC(=O)c1cnc2ccccn12. The molecular weight excluding hydrogens is 364 g/mol. The number of rotatable bonds is 6. The highest BCUT2D eigenvalue weighted by atomic mass is 16.2. The summed E-state index contributed by atoms with van der Waals surface area (Å²) in [6, 6.07) is 20.8. The third-order valence-corrected chi connectivity index (χ3v) is 4.77. The number of benzene rings is 2. The third-order valence-electron chi connectivity index (χ3n) is 4.77. The first kappa shape index (κ1) is 18.4. The van der Waals surface area contributed by atoms with Gasteiger partial charge in [0.1, 0.15) is 11.3 Å². The number of imidazole rings is 1. The van der Waals surface area contributed by atoms with Crippen LogP contribution in [0.4, 0.5) is 11.4 Å². The summed E-state index contributed by atoms with van der Waals surface area (Å²) >= 11 is 0. The molecule has 4 rings (SSSR count). The molecule has 0 radical (unpaired) electrons. The molecule has 0 unspecified atom stereocenters. The van der Waals surface area contributed by atoms with Crippen LogP contribution in [-0.2, 0) is 11.3 Å². The number of para-hydroxylation sites is 1. The molecule has 0 aliphatic heterocycles. The Kier molecular flexibility index (Phi) is 5.07. The van der Waals surface area contributed by atoms with Gasteiger partial charge < -0.3 is 10.2 Å². The van der Waals surface area contributed by atoms with E-state index < -0.39 is 0 Å². The van der Waals surface area contributed by atoms with Gasteiger partial charge in [0.2, 0.25) is 6.41 Å². The number of pyridine rings is 1. The molecule has 6 nitrogen and oxygen atoms in total. The molecule has 0 saturated carbocycles. The molecule has 4 aromatic rings. The Labute approximate surface area is 168 Å². The molecule has 2 aromatic heterocycles. The second-order valence-electron chi connectivity index (χ2n) is 6.74. The minimum absolute atomic E-state index is 0.237. The Morgan fingerprint density at radius 2 is 1.90 bits per heavy atom. The smallest absolute Gasteiger partial charge is 0.274 e. The maximum absolute atomic E-state index is 12.8. The molecule has 0 bridgehead atoms. The van der Waals surface area contributed by atoms with Gasteiger partial charge in [0.25, 0.3) is 5.91 Å². The summed E-state index contributed by atoms with van der Waals surface area (Å²) < 4.78 is 1.75. The van der Waals surface area contributed by atoms with Crippen molar-refractivity contribution in [3.8, 4) is 0 Å². The molecule has 6 heteroatoms. The highest BCUT2D eigenvalue weighted by Gasteiger charge is 2.14. The summed E-state index contributed by atoms with van der Waals surface area (Å²) in [5, 5.41) is 2.97. The third kappa shape index (κ3) is 3.87. The van der Waals surface area contributed by atoms with Crippen molar-refractivity contribution in [3.63, 3.8) is 0 Å². The van der Waals surface area contributed by atoms with Crippen LogP contribution in [0.25, 0.3) is 5.65 Å². The van der Waals surface area contributed by atoms with E-state index in [0.29, 0.717) is 23.6 Å². The maximum atomic E-state index is 12.8. The number of aryl methyl sites for hydroxylation is 1. The van der Waals surface area contributed by atoms with Gasteiger partial charge in [0.15, 0.2) is 0 Å². The topological polar surface area (TPSA) is 66.7 Å². The number of carbonyl (C=O) groups is 2. The first-order chi connectivity index (χ1) is 14.2. The molecule has 0 aliphatic carbocycles. The van der Waals surface area contributed by atoms with E-state index in [1.54, 1.807) is 15.5 Å². The first-order valence-corrected chi connectivity index (χ1v) is 9.25. The van der Waals surface area contributed by atoms with Crippen molar-refractivity contribution in [2.75, 3.05) is 10.2 Å². The normalized spacial score (nSPS) is 10.7. The quantitative estimate of drug-likeness (QED) is 0.510. The molecule has 144 valence electrons. The van der Waals surface area contributed by atoms with Crippen molar-refractivity contribution < 1.29 is 9.59 Å². The Bertz CT molecular complexity index is 1170. The zero-order valence-electron chi connectivity index (χ0n) is 15.9. The van der Waals surface area contributed by atoms with Crippen LogP contribution in [0.5, 0.6) is 0 Å². The summed E-state index contributed by atoms with van der Waals surface area (Å²) in [5.41, 5.74) is 4.56. The highest BCUT2D eigenvalue weighted by molar-refractivity contribution is 6.04. The Balaban J connectivity index is 1.57. The minimum atomic E-state index is -0.237. The lowest BCUT2D eigenvalue weighted by molar-refractivity contribution is -0.107. The Morgan fingerprint density at radius 3 is 2.69 bits per heavy atom. The van der Waals surface area contributed by atoms with Crippen LogP contribution < -0.4 is 10.2 Å². The zero-order valence-corrected chi connectivity index (χ0v) is 15.9. The number of fused-ring (bicyclic) bond motifs is 1. The fraction of sp³-hybridized carbons (Fsp3) is 0.0870.